The number of nitrogens with zero attached hydrogens (tertiary/aromatic N) is 6. The Bertz CT molecular complexity index is 2070. The van der Waals surface area contributed by atoms with Crippen molar-refractivity contribution >= 4 is 34.0 Å². The van der Waals surface area contributed by atoms with E-state index in [2.05, 4.69) is 30.4 Å². The summed E-state index contributed by atoms with van der Waals surface area (Å²) < 4.78 is 81.6. The minimum absolute atomic E-state index is 0.0287. The first-order valence-corrected chi connectivity index (χ1v) is 16.1. The molecule has 7 rings (SSSR count). The normalized spacial score (nSPS) is 12.0. The summed E-state index contributed by atoms with van der Waals surface area (Å²) in [6, 6.07) is 23.9. The Morgan fingerprint density at radius 3 is 1.19 bits per heavy atom. The molecule has 0 unspecified atom stereocenters. The predicted molar refractivity (Wildman–Crippen MR) is 169 cm³/mol. The van der Waals surface area contributed by atoms with Crippen LogP contribution in [0.1, 0.15) is 11.1 Å². The molecule has 5 heterocycles. The van der Waals surface area contributed by atoms with Crippen molar-refractivity contribution in [3.8, 4) is 63.7 Å². The number of alkyl halides is 6. The number of thiophene rings is 1. The molecule has 0 spiro atoms. The summed E-state index contributed by atoms with van der Waals surface area (Å²) in [5, 5.41) is 19.1. The van der Waals surface area contributed by atoms with Crippen LogP contribution in [0.25, 0.3) is 63.7 Å². The molecule has 0 fully saturated rings. The van der Waals surface area contributed by atoms with Gasteiger partial charge in [0.25, 0.3) is 0 Å². The Kier molecular flexibility index (Phi) is 7.90. The van der Waals surface area contributed by atoms with Crippen LogP contribution in [-0.2, 0) is 12.4 Å². The standard InChI is InChI=1S/C32H16F6N6S3/c33-31(34,35)19-9-3-1-7-17(19)21-11-5-13-23(39-21)27-41-43-29(46-27)25-15-16-26(45-25)30-44-42-28(47-30)24-14-6-12-22(40-24)18-8-2-4-10-20(18)32(36,37)38/h1-16H. The van der Waals surface area contributed by atoms with Crippen molar-refractivity contribution in [2.24, 2.45) is 0 Å². The van der Waals surface area contributed by atoms with E-state index in [1.54, 1.807) is 24.3 Å². The van der Waals surface area contributed by atoms with E-state index in [4.69, 9.17) is 0 Å². The topological polar surface area (TPSA) is 77.3 Å². The average molecular weight is 695 g/mol. The summed E-state index contributed by atoms with van der Waals surface area (Å²) in [5.74, 6) is 0. The summed E-state index contributed by atoms with van der Waals surface area (Å²) >= 11 is 3.88. The first kappa shape index (κ1) is 30.8. The van der Waals surface area contributed by atoms with Crippen LogP contribution in [0.2, 0.25) is 0 Å². The van der Waals surface area contributed by atoms with Crippen molar-refractivity contribution in [1.29, 1.82) is 0 Å². The smallest absolute Gasteiger partial charge is 0.245 e. The Balaban J connectivity index is 1.13. The van der Waals surface area contributed by atoms with Gasteiger partial charge in [-0.2, -0.15) is 26.3 Å². The molecule has 0 aliphatic rings. The maximum absolute atomic E-state index is 13.6. The van der Waals surface area contributed by atoms with E-state index in [0.29, 0.717) is 31.4 Å². The molecule has 5 aromatic heterocycles. The van der Waals surface area contributed by atoms with Crippen LogP contribution < -0.4 is 0 Å². The van der Waals surface area contributed by atoms with Crippen LogP contribution in [0.5, 0.6) is 0 Å². The lowest BCUT2D eigenvalue weighted by Gasteiger charge is -2.12. The van der Waals surface area contributed by atoms with Gasteiger partial charge in [0.1, 0.15) is 11.4 Å². The van der Waals surface area contributed by atoms with Gasteiger partial charge < -0.3 is 0 Å². The summed E-state index contributed by atoms with van der Waals surface area (Å²) in [6.45, 7) is 0. The number of halogens is 6. The van der Waals surface area contributed by atoms with Crippen LogP contribution in [0.4, 0.5) is 26.3 Å². The van der Waals surface area contributed by atoms with Crippen molar-refractivity contribution in [3.63, 3.8) is 0 Å². The molecule has 0 saturated carbocycles. The van der Waals surface area contributed by atoms with E-state index < -0.39 is 23.5 Å². The fraction of sp³-hybridized carbons (Fsp3) is 0.0625. The van der Waals surface area contributed by atoms with Crippen molar-refractivity contribution in [2.45, 2.75) is 12.4 Å². The zero-order chi connectivity index (χ0) is 32.8. The molecular weight excluding hydrogens is 679 g/mol. The third-order valence-electron chi connectivity index (χ3n) is 6.83. The summed E-state index contributed by atoms with van der Waals surface area (Å²) in [7, 11) is 0. The highest BCUT2D eigenvalue weighted by molar-refractivity contribution is 7.27. The molecule has 0 amide bonds. The fourth-order valence-electron chi connectivity index (χ4n) is 4.74. The SMILES string of the molecule is FC(F)(F)c1ccccc1-c1cccc(-c2nnc(-c3ccc(-c4nnc(-c5cccc(-c6ccccc6C(F)(F)F)n5)s4)s3)s2)n1. The molecule has 0 radical (unpaired) electrons. The first-order chi connectivity index (χ1) is 22.5. The van der Waals surface area contributed by atoms with E-state index in [9.17, 15) is 26.3 Å². The van der Waals surface area contributed by atoms with Crippen LogP contribution in [-0.4, -0.2) is 30.4 Å². The second kappa shape index (κ2) is 12.1. The Morgan fingerprint density at radius 1 is 0.383 bits per heavy atom. The van der Waals surface area contributed by atoms with Crippen LogP contribution in [0.15, 0.2) is 97.1 Å². The molecule has 47 heavy (non-hydrogen) atoms. The van der Waals surface area contributed by atoms with Gasteiger partial charge in [0.05, 0.1) is 32.3 Å². The monoisotopic (exact) mass is 694 g/mol. The number of hydrogen-bond donors (Lipinski definition) is 0. The summed E-state index contributed by atoms with van der Waals surface area (Å²) in [6.07, 6.45) is -9.06. The lowest BCUT2D eigenvalue weighted by molar-refractivity contribution is -0.137. The molecular formula is C32H16F6N6S3. The van der Waals surface area contributed by atoms with Crippen LogP contribution in [0.3, 0.4) is 0 Å². The van der Waals surface area contributed by atoms with Gasteiger partial charge in [-0.15, -0.1) is 31.7 Å². The highest BCUT2D eigenvalue weighted by Crippen LogP contribution is 2.41. The van der Waals surface area contributed by atoms with E-state index in [1.807, 2.05) is 12.1 Å². The van der Waals surface area contributed by atoms with Crippen molar-refractivity contribution in [3.05, 3.63) is 108 Å². The van der Waals surface area contributed by atoms with Gasteiger partial charge in [-0.25, -0.2) is 9.97 Å². The van der Waals surface area contributed by atoms with Gasteiger partial charge in [0, 0.05) is 11.1 Å². The van der Waals surface area contributed by atoms with Crippen LogP contribution >= 0.6 is 34.0 Å². The van der Waals surface area contributed by atoms with E-state index in [-0.39, 0.29) is 22.5 Å². The van der Waals surface area contributed by atoms with E-state index >= 15 is 0 Å². The van der Waals surface area contributed by atoms with E-state index in [1.165, 1.54) is 82.5 Å². The van der Waals surface area contributed by atoms with Gasteiger partial charge in [0.2, 0.25) is 0 Å². The second-order valence-corrected chi connectivity index (χ2v) is 12.9. The van der Waals surface area contributed by atoms with Crippen molar-refractivity contribution < 1.29 is 26.3 Å². The molecule has 0 aliphatic heterocycles. The Labute approximate surface area is 274 Å². The van der Waals surface area contributed by atoms with Gasteiger partial charge in [-0.3, -0.25) is 0 Å². The number of hydrogen-bond acceptors (Lipinski definition) is 9. The highest BCUT2D eigenvalue weighted by Gasteiger charge is 2.34. The molecule has 0 aliphatic carbocycles. The second-order valence-electron chi connectivity index (χ2n) is 9.89. The molecule has 234 valence electrons. The zero-order valence-corrected chi connectivity index (χ0v) is 25.9. The van der Waals surface area contributed by atoms with Gasteiger partial charge in [-0.1, -0.05) is 71.2 Å². The molecule has 0 bridgehead atoms. The summed E-state index contributed by atoms with van der Waals surface area (Å²) in [5.41, 5.74) is -0.488. The molecule has 0 N–H and O–H groups in total. The average Bonchev–Trinajstić information content (AvgIpc) is 3.85. The third kappa shape index (κ3) is 6.28. The van der Waals surface area contributed by atoms with Crippen molar-refractivity contribution in [2.75, 3.05) is 0 Å². The molecule has 7 aromatic rings. The number of pyridine rings is 2. The minimum Gasteiger partial charge on any atom is -0.245 e. The fourth-order valence-corrected chi connectivity index (χ4v) is 7.47. The van der Waals surface area contributed by atoms with Crippen LogP contribution in [0, 0.1) is 0 Å². The maximum atomic E-state index is 13.6. The minimum atomic E-state index is -4.53. The summed E-state index contributed by atoms with van der Waals surface area (Å²) in [4.78, 5) is 10.5. The lowest BCUT2D eigenvalue weighted by atomic mass is 10.0. The van der Waals surface area contributed by atoms with Gasteiger partial charge in [-0.05, 0) is 48.5 Å². The Hall–Kier alpha value is -4.86. The predicted octanol–water partition coefficient (Wildman–Crippen LogP) is 10.3. The molecule has 2 aromatic carbocycles. The molecule has 6 nitrogen and oxygen atoms in total. The number of aromatic nitrogens is 6. The van der Waals surface area contributed by atoms with Gasteiger partial charge >= 0.3 is 12.4 Å². The molecule has 15 heteroatoms. The number of rotatable bonds is 6. The van der Waals surface area contributed by atoms with Crippen molar-refractivity contribution in [1.82, 2.24) is 30.4 Å². The zero-order valence-electron chi connectivity index (χ0n) is 23.4. The van der Waals surface area contributed by atoms with E-state index in [0.717, 1.165) is 21.9 Å². The Morgan fingerprint density at radius 2 is 0.766 bits per heavy atom. The molecule has 0 saturated heterocycles. The highest BCUT2D eigenvalue weighted by atomic mass is 32.1. The third-order valence-corrected chi connectivity index (χ3v) is 10.1. The maximum Gasteiger partial charge on any atom is 0.417 e. The molecule has 0 atom stereocenters. The lowest BCUT2D eigenvalue weighted by Crippen LogP contribution is -2.07. The quantitative estimate of drug-likeness (QED) is 0.161. The first-order valence-electron chi connectivity index (χ1n) is 13.6. The largest absolute Gasteiger partial charge is 0.417 e. The number of benzene rings is 2. The van der Waals surface area contributed by atoms with Gasteiger partial charge in [0.15, 0.2) is 20.0 Å².